The lowest BCUT2D eigenvalue weighted by molar-refractivity contribution is 0.620. The molecule has 0 heterocycles. The zero-order valence-electron chi connectivity index (χ0n) is 16.4. The number of benzene rings is 3. The second kappa shape index (κ2) is 8.49. The highest BCUT2D eigenvalue weighted by atomic mass is 35.5. The van der Waals surface area contributed by atoms with Gasteiger partial charge in [-0.05, 0) is 52.8 Å². The number of halogens is 2. The molecule has 144 valence electrons. The normalized spacial score (nSPS) is 12.1. The first-order chi connectivity index (χ1) is 13.7. The maximum atomic E-state index is 15.3. The van der Waals surface area contributed by atoms with Gasteiger partial charge in [0, 0.05) is 22.6 Å². The van der Waals surface area contributed by atoms with E-state index in [-0.39, 0.29) is 5.82 Å². The van der Waals surface area contributed by atoms with Gasteiger partial charge in [0.05, 0.1) is 0 Å². The van der Waals surface area contributed by atoms with Crippen molar-refractivity contribution in [1.29, 1.82) is 0 Å². The van der Waals surface area contributed by atoms with Crippen molar-refractivity contribution in [2.45, 2.75) is 51.9 Å². The average molecular weight is 393 g/mol. The Kier molecular flexibility index (Phi) is 5.82. The van der Waals surface area contributed by atoms with Gasteiger partial charge in [-0.2, -0.15) is 0 Å². The molecule has 0 aromatic heterocycles. The monoisotopic (exact) mass is 392 g/mol. The lowest BCUT2D eigenvalue weighted by atomic mass is 9.98. The molecule has 0 spiro atoms. The first-order valence-corrected chi connectivity index (χ1v) is 10.7. The van der Waals surface area contributed by atoms with Gasteiger partial charge in [-0.15, -0.1) is 0 Å². The van der Waals surface area contributed by atoms with E-state index in [0.717, 1.165) is 23.1 Å². The third-order valence-corrected chi connectivity index (χ3v) is 6.05. The fourth-order valence-corrected chi connectivity index (χ4v) is 4.36. The number of rotatable bonds is 7. The van der Waals surface area contributed by atoms with Gasteiger partial charge in [0.15, 0.2) is 0 Å². The van der Waals surface area contributed by atoms with Crippen molar-refractivity contribution in [3.63, 3.8) is 0 Å². The van der Waals surface area contributed by atoms with E-state index in [1.54, 1.807) is 0 Å². The summed E-state index contributed by atoms with van der Waals surface area (Å²) in [7, 11) is 0. The topological polar surface area (TPSA) is 0 Å². The molecule has 28 heavy (non-hydrogen) atoms. The predicted molar refractivity (Wildman–Crippen MR) is 118 cm³/mol. The summed E-state index contributed by atoms with van der Waals surface area (Å²) < 4.78 is 15.3. The van der Waals surface area contributed by atoms with Crippen molar-refractivity contribution < 1.29 is 4.39 Å². The molecule has 0 unspecified atom stereocenters. The van der Waals surface area contributed by atoms with Gasteiger partial charge < -0.3 is 0 Å². The molecule has 0 saturated carbocycles. The molecular weight excluding hydrogens is 367 g/mol. The van der Waals surface area contributed by atoms with E-state index >= 15 is 4.39 Å². The third-order valence-electron chi connectivity index (χ3n) is 5.79. The number of aryl methyl sites for hydroxylation is 1. The van der Waals surface area contributed by atoms with Gasteiger partial charge in [0.1, 0.15) is 5.82 Å². The van der Waals surface area contributed by atoms with Crippen molar-refractivity contribution in [3.05, 3.63) is 82.1 Å². The lowest BCUT2D eigenvalue weighted by Crippen LogP contribution is -1.92. The van der Waals surface area contributed by atoms with E-state index in [9.17, 15) is 0 Å². The number of hydrogen-bond acceptors (Lipinski definition) is 0. The minimum absolute atomic E-state index is 0.0999. The Morgan fingerprint density at radius 3 is 2.32 bits per heavy atom. The number of fused-ring (bicyclic) bond motifs is 3. The maximum absolute atomic E-state index is 15.3. The molecule has 1 aliphatic carbocycles. The molecule has 2 heteroatoms. The summed E-state index contributed by atoms with van der Waals surface area (Å²) in [5.74, 6) is -0.0999. The average Bonchev–Trinajstić information content (AvgIpc) is 3.08. The lowest BCUT2D eigenvalue weighted by Gasteiger charge is -2.09. The van der Waals surface area contributed by atoms with Crippen LogP contribution in [0.2, 0.25) is 5.02 Å². The second-order valence-corrected chi connectivity index (χ2v) is 8.23. The summed E-state index contributed by atoms with van der Waals surface area (Å²) in [5.41, 5.74) is 7.20. The zero-order valence-corrected chi connectivity index (χ0v) is 17.2. The molecule has 1 aliphatic rings. The van der Waals surface area contributed by atoms with Gasteiger partial charge in [0.2, 0.25) is 0 Å². The fraction of sp³-hybridized carbons (Fsp3) is 0.308. The standard InChI is InChI=1S/C26H26ClF/c1-2-3-4-5-6-7-18-8-13-22-20(16-18)17-25-24(22)15-14-23(26(25)28)19-9-11-21(27)12-10-19/h8-16H,2-7,17H2,1H3. The molecule has 0 aliphatic heterocycles. The van der Waals surface area contributed by atoms with E-state index in [2.05, 4.69) is 31.2 Å². The molecule has 0 radical (unpaired) electrons. The largest absolute Gasteiger partial charge is 0.206 e. The van der Waals surface area contributed by atoms with Crippen molar-refractivity contribution in [2.24, 2.45) is 0 Å². The van der Waals surface area contributed by atoms with Gasteiger partial charge in [0.25, 0.3) is 0 Å². The van der Waals surface area contributed by atoms with E-state index in [4.69, 9.17) is 11.6 Å². The second-order valence-electron chi connectivity index (χ2n) is 7.79. The quantitative estimate of drug-likeness (QED) is 0.278. The SMILES string of the molecule is CCCCCCCc1ccc2c(c1)Cc1c-2ccc(-c2ccc(Cl)cc2)c1F. The smallest absolute Gasteiger partial charge is 0.135 e. The Hall–Kier alpha value is -2.12. The molecule has 0 bridgehead atoms. The minimum Gasteiger partial charge on any atom is -0.206 e. The predicted octanol–water partition coefficient (Wildman–Crippen LogP) is 8.23. The van der Waals surface area contributed by atoms with Crippen LogP contribution >= 0.6 is 11.6 Å². The van der Waals surface area contributed by atoms with Crippen LogP contribution in [0.4, 0.5) is 4.39 Å². The van der Waals surface area contributed by atoms with Crippen molar-refractivity contribution >= 4 is 11.6 Å². The maximum Gasteiger partial charge on any atom is 0.135 e. The highest BCUT2D eigenvalue weighted by molar-refractivity contribution is 6.30. The third kappa shape index (κ3) is 3.86. The summed E-state index contributed by atoms with van der Waals surface area (Å²) in [6.07, 6.45) is 8.26. The van der Waals surface area contributed by atoms with Crippen LogP contribution in [0.5, 0.6) is 0 Å². The summed E-state index contributed by atoms with van der Waals surface area (Å²) in [6.45, 7) is 2.25. The molecule has 0 nitrogen and oxygen atoms in total. The van der Waals surface area contributed by atoms with Crippen LogP contribution in [0.1, 0.15) is 55.7 Å². The Balaban J connectivity index is 1.55. The molecule has 3 aromatic rings. The fourth-order valence-electron chi connectivity index (χ4n) is 4.23. The van der Waals surface area contributed by atoms with E-state index in [1.165, 1.54) is 48.8 Å². The summed E-state index contributed by atoms with van der Waals surface area (Å²) >= 11 is 5.98. The van der Waals surface area contributed by atoms with Crippen LogP contribution in [0.25, 0.3) is 22.3 Å². The molecule has 0 saturated heterocycles. The molecule has 0 fully saturated rings. The van der Waals surface area contributed by atoms with Crippen LogP contribution in [-0.2, 0) is 12.8 Å². The van der Waals surface area contributed by atoms with Gasteiger partial charge >= 0.3 is 0 Å². The summed E-state index contributed by atoms with van der Waals surface area (Å²) in [4.78, 5) is 0. The number of unbranched alkanes of at least 4 members (excludes halogenated alkanes) is 4. The molecule has 0 amide bonds. The Labute approximate surface area is 172 Å². The Morgan fingerprint density at radius 1 is 0.821 bits per heavy atom. The van der Waals surface area contributed by atoms with Gasteiger partial charge in [-0.3, -0.25) is 0 Å². The van der Waals surface area contributed by atoms with Gasteiger partial charge in [-0.25, -0.2) is 4.39 Å². The van der Waals surface area contributed by atoms with Crippen LogP contribution < -0.4 is 0 Å². The first-order valence-electron chi connectivity index (χ1n) is 10.4. The van der Waals surface area contributed by atoms with Gasteiger partial charge in [-0.1, -0.05) is 86.7 Å². The summed E-state index contributed by atoms with van der Waals surface area (Å²) in [6, 6.07) is 18.0. The van der Waals surface area contributed by atoms with E-state index in [0.29, 0.717) is 17.0 Å². The summed E-state index contributed by atoms with van der Waals surface area (Å²) in [5, 5.41) is 0.667. The number of hydrogen-bond donors (Lipinski definition) is 0. The molecule has 0 N–H and O–H groups in total. The van der Waals surface area contributed by atoms with Crippen molar-refractivity contribution in [1.82, 2.24) is 0 Å². The van der Waals surface area contributed by atoms with Crippen LogP contribution in [0, 0.1) is 5.82 Å². The first kappa shape index (κ1) is 19.2. The molecule has 0 atom stereocenters. The van der Waals surface area contributed by atoms with Crippen LogP contribution in [0.15, 0.2) is 54.6 Å². The van der Waals surface area contributed by atoms with E-state index in [1.807, 2.05) is 30.3 Å². The molecule has 4 rings (SSSR count). The van der Waals surface area contributed by atoms with Crippen molar-refractivity contribution in [3.8, 4) is 22.3 Å². The van der Waals surface area contributed by atoms with Crippen molar-refractivity contribution in [2.75, 3.05) is 0 Å². The van der Waals surface area contributed by atoms with E-state index < -0.39 is 0 Å². The molecular formula is C26H26ClF. The Morgan fingerprint density at radius 2 is 1.54 bits per heavy atom. The highest BCUT2D eigenvalue weighted by Crippen LogP contribution is 2.41. The van der Waals surface area contributed by atoms with Crippen LogP contribution in [0.3, 0.4) is 0 Å². The highest BCUT2D eigenvalue weighted by Gasteiger charge is 2.24. The molecule has 3 aromatic carbocycles. The minimum atomic E-state index is -0.0999. The Bertz CT molecular complexity index is 972. The zero-order chi connectivity index (χ0) is 19.5. The van der Waals surface area contributed by atoms with Crippen LogP contribution in [-0.4, -0.2) is 0 Å².